The highest BCUT2D eigenvalue weighted by molar-refractivity contribution is 5.96. The van der Waals surface area contributed by atoms with Crippen molar-refractivity contribution in [3.63, 3.8) is 0 Å². The first-order valence-electron chi connectivity index (χ1n) is 10.8. The molecule has 4 nitrogen and oxygen atoms in total. The molecular formula is C23H32N2O2. The fraction of sp³-hybridized carbons (Fsp3) is 0.652. The summed E-state index contributed by atoms with van der Waals surface area (Å²) in [7, 11) is 0. The summed E-state index contributed by atoms with van der Waals surface area (Å²) in [6, 6.07) is 8.31. The first kappa shape index (κ1) is 18.5. The Morgan fingerprint density at radius 1 is 0.889 bits per heavy atom. The summed E-state index contributed by atoms with van der Waals surface area (Å²) in [4.78, 5) is 30.1. The number of piperidine rings is 1. The van der Waals surface area contributed by atoms with E-state index in [1.807, 2.05) is 11.0 Å². The van der Waals surface area contributed by atoms with E-state index < -0.39 is 0 Å². The van der Waals surface area contributed by atoms with Gasteiger partial charge >= 0.3 is 0 Å². The van der Waals surface area contributed by atoms with Gasteiger partial charge < -0.3 is 9.80 Å². The number of anilines is 1. The number of nitrogens with zero attached hydrogens (tertiary/aromatic N) is 2. The van der Waals surface area contributed by atoms with E-state index in [4.69, 9.17) is 0 Å². The van der Waals surface area contributed by atoms with Crippen LogP contribution in [0.2, 0.25) is 0 Å². The van der Waals surface area contributed by atoms with Crippen molar-refractivity contribution in [2.45, 2.75) is 58.3 Å². The minimum Gasteiger partial charge on any atom is -0.342 e. The Morgan fingerprint density at radius 3 is 2.33 bits per heavy atom. The number of likely N-dealkylation sites (tertiary alicyclic amines) is 1. The molecule has 146 valence electrons. The topological polar surface area (TPSA) is 40.6 Å². The zero-order chi connectivity index (χ0) is 18.8. The first-order chi connectivity index (χ1) is 13.1. The predicted octanol–water partition coefficient (Wildman–Crippen LogP) is 4.03. The molecule has 1 saturated carbocycles. The average Bonchev–Trinajstić information content (AvgIpc) is 2.72. The first-order valence-corrected chi connectivity index (χ1v) is 10.8. The molecular weight excluding hydrogens is 336 g/mol. The number of hydrogen-bond acceptors (Lipinski definition) is 2. The summed E-state index contributed by atoms with van der Waals surface area (Å²) in [5, 5.41) is 0. The number of amides is 2. The van der Waals surface area contributed by atoms with Crippen LogP contribution in [-0.2, 0) is 16.0 Å². The molecule has 2 aliphatic heterocycles. The molecule has 0 N–H and O–H groups in total. The molecule has 1 aliphatic carbocycles. The van der Waals surface area contributed by atoms with Gasteiger partial charge in [0.2, 0.25) is 11.8 Å². The number of carbonyl (C=O) groups is 2. The van der Waals surface area contributed by atoms with Crippen molar-refractivity contribution in [1.29, 1.82) is 0 Å². The van der Waals surface area contributed by atoms with E-state index in [0.29, 0.717) is 11.8 Å². The minimum absolute atomic E-state index is 0.0838. The Kier molecular flexibility index (Phi) is 5.51. The molecule has 0 aromatic heterocycles. The smallest absolute Gasteiger partial charge is 0.230 e. The maximum Gasteiger partial charge on any atom is 0.230 e. The highest BCUT2D eigenvalue weighted by Crippen LogP contribution is 2.35. The number of benzene rings is 1. The quantitative estimate of drug-likeness (QED) is 0.791. The number of carbonyl (C=O) groups excluding carboxylic acids is 2. The number of para-hydroxylation sites is 1. The van der Waals surface area contributed by atoms with Gasteiger partial charge in [-0.25, -0.2) is 0 Å². The lowest BCUT2D eigenvalue weighted by atomic mass is 9.80. The standard InChI is InChI=1S/C23H32N2O2/c1-17-6-4-14-24(16-17)22(26)19-10-12-20(13-11-19)23(27)25-15-5-8-18-7-2-3-9-21(18)25/h2-3,7,9,17,19-20H,4-6,8,10-16H2,1H3. The number of fused-ring (bicyclic) bond motifs is 1. The molecule has 1 atom stereocenters. The van der Waals surface area contributed by atoms with Crippen LogP contribution < -0.4 is 4.90 Å². The molecule has 1 aromatic carbocycles. The van der Waals surface area contributed by atoms with Crippen LogP contribution >= 0.6 is 0 Å². The summed E-state index contributed by atoms with van der Waals surface area (Å²) >= 11 is 0. The number of rotatable bonds is 2. The summed E-state index contributed by atoms with van der Waals surface area (Å²) in [5.74, 6) is 1.46. The summed E-state index contributed by atoms with van der Waals surface area (Å²) in [5.41, 5.74) is 2.40. The lowest BCUT2D eigenvalue weighted by molar-refractivity contribution is -0.139. The fourth-order valence-corrected chi connectivity index (χ4v) is 5.22. The van der Waals surface area contributed by atoms with Gasteiger partial charge in [0.25, 0.3) is 0 Å². The highest BCUT2D eigenvalue weighted by atomic mass is 16.2. The average molecular weight is 369 g/mol. The van der Waals surface area contributed by atoms with Crippen LogP contribution in [0, 0.1) is 17.8 Å². The fourth-order valence-electron chi connectivity index (χ4n) is 5.22. The maximum atomic E-state index is 13.2. The summed E-state index contributed by atoms with van der Waals surface area (Å²) in [6.45, 7) is 4.92. The largest absolute Gasteiger partial charge is 0.342 e. The lowest BCUT2D eigenvalue weighted by Gasteiger charge is -2.37. The normalized spacial score (nSPS) is 28.6. The van der Waals surface area contributed by atoms with Crippen LogP contribution in [0.4, 0.5) is 5.69 Å². The van der Waals surface area contributed by atoms with Gasteiger partial charge in [-0.2, -0.15) is 0 Å². The molecule has 1 saturated heterocycles. The SMILES string of the molecule is CC1CCCN(C(=O)C2CCC(C(=O)N3CCCc4ccccc43)CC2)C1. The number of aryl methyl sites for hydroxylation is 1. The second-order valence-corrected chi connectivity index (χ2v) is 8.80. The van der Waals surface area contributed by atoms with Crippen molar-refractivity contribution >= 4 is 17.5 Å². The van der Waals surface area contributed by atoms with Crippen LogP contribution in [0.25, 0.3) is 0 Å². The Hall–Kier alpha value is -1.84. The molecule has 2 amide bonds. The Bertz CT molecular complexity index is 693. The Labute approximate surface area is 162 Å². The van der Waals surface area contributed by atoms with Crippen molar-refractivity contribution in [1.82, 2.24) is 4.90 Å². The predicted molar refractivity (Wildman–Crippen MR) is 108 cm³/mol. The van der Waals surface area contributed by atoms with Gasteiger partial charge in [-0.3, -0.25) is 9.59 Å². The molecule has 0 radical (unpaired) electrons. The van der Waals surface area contributed by atoms with Crippen molar-refractivity contribution in [3.05, 3.63) is 29.8 Å². The minimum atomic E-state index is 0.0838. The molecule has 2 fully saturated rings. The van der Waals surface area contributed by atoms with Gasteiger partial charge in [0.05, 0.1) is 0 Å². The third-order valence-corrected chi connectivity index (χ3v) is 6.77. The molecule has 4 heteroatoms. The van der Waals surface area contributed by atoms with Gasteiger partial charge in [-0.05, 0) is 68.9 Å². The zero-order valence-electron chi connectivity index (χ0n) is 16.5. The second kappa shape index (κ2) is 8.04. The van der Waals surface area contributed by atoms with Gasteiger partial charge in [-0.15, -0.1) is 0 Å². The maximum absolute atomic E-state index is 13.2. The monoisotopic (exact) mass is 368 g/mol. The van der Waals surface area contributed by atoms with E-state index in [0.717, 1.165) is 70.3 Å². The van der Waals surface area contributed by atoms with Crippen molar-refractivity contribution in [2.24, 2.45) is 17.8 Å². The third kappa shape index (κ3) is 3.90. The molecule has 1 unspecified atom stereocenters. The van der Waals surface area contributed by atoms with Crippen molar-refractivity contribution in [2.75, 3.05) is 24.5 Å². The Morgan fingerprint density at radius 2 is 1.59 bits per heavy atom. The molecule has 1 aromatic rings. The highest BCUT2D eigenvalue weighted by Gasteiger charge is 2.35. The van der Waals surface area contributed by atoms with Crippen LogP contribution in [-0.4, -0.2) is 36.3 Å². The lowest BCUT2D eigenvalue weighted by Crippen LogP contribution is -2.45. The van der Waals surface area contributed by atoms with E-state index in [1.54, 1.807) is 0 Å². The van der Waals surface area contributed by atoms with E-state index in [9.17, 15) is 9.59 Å². The van der Waals surface area contributed by atoms with Crippen LogP contribution in [0.5, 0.6) is 0 Å². The third-order valence-electron chi connectivity index (χ3n) is 6.77. The van der Waals surface area contributed by atoms with Gasteiger partial charge in [0, 0.05) is 37.2 Å². The van der Waals surface area contributed by atoms with Crippen LogP contribution in [0.3, 0.4) is 0 Å². The number of hydrogen-bond donors (Lipinski definition) is 0. The van der Waals surface area contributed by atoms with Crippen molar-refractivity contribution in [3.8, 4) is 0 Å². The van der Waals surface area contributed by atoms with Gasteiger partial charge in [0.1, 0.15) is 0 Å². The van der Waals surface area contributed by atoms with Crippen LogP contribution in [0.1, 0.15) is 57.4 Å². The van der Waals surface area contributed by atoms with Gasteiger partial charge in [-0.1, -0.05) is 25.1 Å². The molecule has 0 spiro atoms. The van der Waals surface area contributed by atoms with E-state index >= 15 is 0 Å². The summed E-state index contributed by atoms with van der Waals surface area (Å²) < 4.78 is 0. The summed E-state index contributed by atoms with van der Waals surface area (Å²) in [6.07, 6.45) is 7.94. The molecule has 0 bridgehead atoms. The van der Waals surface area contributed by atoms with Crippen molar-refractivity contribution < 1.29 is 9.59 Å². The molecule has 3 aliphatic rings. The van der Waals surface area contributed by atoms with E-state index in [1.165, 1.54) is 12.0 Å². The Balaban J connectivity index is 1.35. The molecule has 2 heterocycles. The zero-order valence-corrected chi connectivity index (χ0v) is 16.5. The second-order valence-electron chi connectivity index (χ2n) is 8.80. The molecule has 27 heavy (non-hydrogen) atoms. The van der Waals surface area contributed by atoms with Gasteiger partial charge in [0.15, 0.2) is 0 Å². The van der Waals surface area contributed by atoms with Crippen LogP contribution in [0.15, 0.2) is 24.3 Å². The van der Waals surface area contributed by atoms with E-state index in [2.05, 4.69) is 30.0 Å². The molecule has 4 rings (SSSR count). The van der Waals surface area contributed by atoms with E-state index in [-0.39, 0.29) is 17.7 Å².